The summed E-state index contributed by atoms with van der Waals surface area (Å²) in [4.78, 5) is 0. The molecule has 0 saturated heterocycles. The second-order valence-corrected chi connectivity index (χ2v) is 1.08. The molecule has 0 aromatic heterocycles. The molecule has 0 aliphatic rings. The Bertz CT molecular complexity index is 44.0. The van der Waals surface area contributed by atoms with Gasteiger partial charge in [-0.2, -0.15) is 0 Å². The molecule has 0 N–H and O–H groups in total. The molecule has 0 bridgehead atoms. The number of rotatable bonds is 0. The Kier molecular flexibility index (Phi) is 3.90. The zero-order valence-electron chi connectivity index (χ0n) is 1.96. The van der Waals surface area contributed by atoms with Crippen LogP contribution < -0.4 is 0 Å². The van der Waals surface area contributed by atoms with Crippen molar-refractivity contribution in [1.29, 1.82) is 0 Å². The van der Waals surface area contributed by atoms with Crippen LogP contribution in [0.4, 0.5) is 0 Å². The van der Waals surface area contributed by atoms with Crippen molar-refractivity contribution in [2.45, 2.75) is 0 Å². The molecule has 2 heteroatoms. The van der Waals surface area contributed by atoms with E-state index in [1.54, 1.807) is 16.1 Å². The van der Waals surface area contributed by atoms with Crippen molar-refractivity contribution in [3.8, 4) is 0 Å². The molecular formula is C2HClGe. The Hall–Kier alpha value is 0.483. The van der Waals surface area contributed by atoms with Gasteiger partial charge in [0, 0.05) is 0 Å². The summed E-state index contributed by atoms with van der Waals surface area (Å²) in [6.07, 6.45) is 0. The van der Waals surface area contributed by atoms with Crippen molar-refractivity contribution in [2.75, 3.05) is 0 Å². The summed E-state index contributed by atoms with van der Waals surface area (Å²) in [5.74, 6) is 0. The minimum absolute atomic E-state index is 1.35. The molecule has 0 saturated carbocycles. The van der Waals surface area contributed by atoms with E-state index < -0.39 is 0 Å². The van der Waals surface area contributed by atoms with Crippen molar-refractivity contribution < 1.29 is 0 Å². The van der Waals surface area contributed by atoms with Crippen molar-refractivity contribution >= 4 is 32.2 Å². The van der Waals surface area contributed by atoms with Gasteiger partial charge in [0.15, 0.2) is 0 Å². The number of hydrogen-bond acceptors (Lipinski definition) is 0. The first kappa shape index (κ1) is 4.48. The molecule has 0 atom stereocenters. The van der Waals surface area contributed by atoms with Gasteiger partial charge in [-0.05, 0) is 0 Å². The van der Waals surface area contributed by atoms with Gasteiger partial charge in [-0.25, -0.2) is 0 Å². The molecule has 0 amide bonds. The summed E-state index contributed by atoms with van der Waals surface area (Å²) in [5.41, 5.74) is 1.35. The first-order valence-corrected chi connectivity index (χ1v) is 2.24. The number of halogens is 1. The van der Waals surface area contributed by atoms with Crippen LogP contribution in [0.1, 0.15) is 0 Å². The van der Waals surface area contributed by atoms with E-state index in [9.17, 15) is 0 Å². The Labute approximate surface area is 38.2 Å². The molecule has 20 valence electrons. The van der Waals surface area contributed by atoms with E-state index in [0.29, 0.717) is 0 Å². The van der Waals surface area contributed by atoms with E-state index in [0.717, 1.165) is 0 Å². The van der Waals surface area contributed by atoms with Gasteiger partial charge in [0.1, 0.15) is 0 Å². The molecule has 0 aromatic carbocycles. The van der Waals surface area contributed by atoms with E-state index in [1.165, 1.54) is 5.54 Å². The van der Waals surface area contributed by atoms with Gasteiger partial charge in [-0.1, -0.05) is 0 Å². The predicted octanol–water partition coefficient (Wildman–Crippen LogP) is 0.308. The molecule has 0 rings (SSSR count). The van der Waals surface area contributed by atoms with E-state index in [-0.39, 0.29) is 0 Å². The van der Waals surface area contributed by atoms with Crippen molar-refractivity contribution in [3.63, 3.8) is 0 Å². The first-order valence-electron chi connectivity index (χ1n) is 0.757. The maximum atomic E-state index is 4.95. The fraction of sp³-hybridized carbons (Fsp3) is 0. The van der Waals surface area contributed by atoms with E-state index in [4.69, 9.17) is 11.6 Å². The van der Waals surface area contributed by atoms with E-state index in [1.807, 2.05) is 0 Å². The fourth-order valence-electron chi connectivity index (χ4n) is 0. The molecule has 0 aromatic rings. The van der Waals surface area contributed by atoms with Crippen LogP contribution in [0.3, 0.4) is 0 Å². The molecule has 0 heterocycles. The van der Waals surface area contributed by atoms with Crippen molar-refractivity contribution in [1.82, 2.24) is 0 Å². The van der Waals surface area contributed by atoms with Crippen LogP contribution in [0.25, 0.3) is 0 Å². The van der Waals surface area contributed by atoms with Gasteiger partial charge in [-0.15, -0.1) is 0 Å². The molecule has 0 unspecified atom stereocenters. The van der Waals surface area contributed by atoms with Crippen LogP contribution in [0.2, 0.25) is 0 Å². The van der Waals surface area contributed by atoms with Gasteiger partial charge >= 0.3 is 37.7 Å². The summed E-state index contributed by atoms with van der Waals surface area (Å²) >= 11 is 6.69. The van der Waals surface area contributed by atoms with Crippen LogP contribution in [-0.2, 0) is 0 Å². The summed E-state index contributed by atoms with van der Waals surface area (Å²) in [7, 11) is 0. The molecular weight excluding hydrogens is 132 g/mol. The minimum atomic E-state index is 1.35. The monoisotopic (exact) mass is 134 g/mol. The number of hydrogen-bond donors (Lipinski definition) is 0. The van der Waals surface area contributed by atoms with Crippen LogP contribution in [0.5, 0.6) is 0 Å². The Morgan fingerprint density at radius 3 is 2.25 bits per heavy atom. The van der Waals surface area contributed by atoms with Gasteiger partial charge in [0.05, 0.1) is 0 Å². The van der Waals surface area contributed by atoms with Crippen molar-refractivity contribution in [2.24, 2.45) is 0 Å². The third-order valence-electron chi connectivity index (χ3n) is 0.0546. The van der Waals surface area contributed by atoms with E-state index >= 15 is 0 Å². The fourth-order valence-corrected chi connectivity index (χ4v) is 0. The molecule has 0 spiro atoms. The van der Waals surface area contributed by atoms with Gasteiger partial charge in [0.25, 0.3) is 0 Å². The zero-order chi connectivity index (χ0) is 3.41. The van der Waals surface area contributed by atoms with Gasteiger partial charge in [-0.3, -0.25) is 0 Å². The van der Waals surface area contributed by atoms with Gasteiger partial charge < -0.3 is 0 Å². The Balaban J connectivity index is 3.11. The molecule has 0 aliphatic heterocycles. The average Bonchev–Trinajstić information content (AvgIpc) is 1.37. The Morgan fingerprint density at radius 2 is 2.25 bits per heavy atom. The summed E-state index contributed by atoms with van der Waals surface area (Å²) < 4.78 is 2.57. The van der Waals surface area contributed by atoms with Crippen molar-refractivity contribution in [3.05, 3.63) is 5.54 Å². The zero-order valence-corrected chi connectivity index (χ0v) is 4.81. The predicted molar refractivity (Wildman–Crippen MR) is 21.2 cm³/mol. The van der Waals surface area contributed by atoms with Crippen LogP contribution in [0, 0.1) is 0 Å². The molecule has 0 fully saturated rings. The first-order chi connectivity index (χ1) is 1.91. The SMILES string of the molecule is ClC=[C]=[Ge]. The van der Waals surface area contributed by atoms with Gasteiger partial charge in [0.2, 0.25) is 0 Å². The standard InChI is InChI=1S/C2HClGe/c3-1-2-4/h1H. The topological polar surface area (TPSA) is 0 Å². The van der Waals surface area contributed by atoms with E-state index in [2.05, 4.69) is 4.51 Å². The summed E-state index contributed by atoms with van der Waals surface area (Å²) in [6.45, 7) is 0. The molecule has 0 aliphatic carbocycles. The quantitative estimate of drug-likeness (QED) is 0.417. The maximum absolute atomic E-state index is 4.95. The molecule has 0 nitrogen and oxygen atoms in total. The third-order valence-corrected chi connectivity index (χ3v) is 0.850. The Morgan fingerprint density at radius 1 is 2.00 bits per heavy atom. The summed E-state index contributed by atoms with van der Waals surface area (Å²) in [6, 6.07) is 0. The van der Waals surface area contributed by atoms with Crippen LogP contribution in [0.15, 0.2) is 5.54 Å². The second-order valence-electron chi connectivity index (χ2n) is 0.253. The van der Waals surface area contributed by atoms with Crippen LogP contribution in [-0.4, -0.2) is 20.6 Å². The summed E-state index contributed by atoms with van der Waals surface area (Å²) in [5, 5.41) is 0. The normalized spacial score (nSPS) is 4.25. The molecule has 4 heavy (non-hydrogen) atoms. The van der Waals surface area contributed by atoms with Crippen LogP contribution >= 0.6 is 11.6 Å². The third kappa shape index (κ3) is 2.48. The molecule has 2 radical (unpaired) electrons. The average molecular weight is 133 g/mol. The second kappa shape index (κ2) is 3.48.